The molecule has 0 fully saturated rings. The highest BCUT2D eigenvalue weighted by Gasteiger charge is 2.10. The van der Waals surface area contributed by atoms with Crippen molar-refractivity contribution in [1.29, 1.82) is 0 Å². The number of aromatic nitrogens is 2. The van der Waals surface area contributed by atoms with Crippen molar-refractivity contribution in [3.63, 3.8) is 0 Å². The van der Waals surface area contributed by atoms with Gasteiger partial charge in [0.2, 0.25) is 0 Å². The molecule has 0 bridgehead atoms. The second kappa shape index (κ2) is 3.06. The van der Waals surface area contributed by atoms with Crippen LogP contribution >= 0.6 is 0 Å². The zero-order chi connectivity index (χ0) is 10.1. The Kier molecular flexibility index (Phi) is 1.89. The molecule has 2 aromatic rings. The summed E-state index contributed by atoms with van der Waals surface area (Å²) in [5.74, 6) is 6.96. The molecule has 0 aliphatic heterocycles. The summed E-state index contributed by atoms with van der Waals surface area (Å²) in [5, 5.41) is 0. The average molecular weight is 188 g/mol. The highest BCUT2D eigenvalue weighted by atomic mass is 15.4. The maximum Gasteiger partial charge on any atom is 0.160 e. The van der Waals surface area contributed by atoms with Gasteiger partial charge in [-0.15, -0.1) is 0 Å². The van der Waals surface area contributed by atoms with E-state index in [2.05, 4.69) is 4.98 Å². The monoisotopic (exact) mass is 188 g/mol. The van der Waals surface area contributed by atoms with Gasteiger partial charge >= 0.3 is 0 Å². The molecule has 72 valence electrons. The van der Waals surface area contributed by atoms with Gasteiger partial charge in [-0.1, -0.05) is 30.3 Å². The van der Waals surface area contributed by atoms with Crippen molar-refractivity contribution < 1.29 is 0 Å². The molecule has 1 heterocycles. The third-order valence-corrected chi connectivity index (χ3v) is 2.16. The second-order valence-corrected chi connectivity index (χ2v) is 3.14. The summed E-state index contributed by atoms with van der Waals surface area (Å²) in [6, 6.07) is 9.73. The SMILES string of the molecule is Cc1nc(-c2ccccc2)n(N)c1N. The minimum absolute atomic E-state index is 0.504. The van der Waals surface area contributed by atoms with E-state index in [0.717, 1.165) is 11.3 Å². The fraction of sp³-hybridized carbons (Fsp3) is 0.100. The number of benzene rings is 1. The number of nitrogens with zero attached hydrogens (tertiary/aromatic N) is 2. The van der Waals surface area contributed by atoms with Gasteiger partial charge in [-0.05, 0) is 6.92 Å². The molecule has 0 unspecified atom stereocenters. The molecule has 0 amide bonds. The van der Waals surface area contributed by atoms with Crippen molar-refractivity contribution in [3.05, 3.63) is 36.0 Å². The van der Waals surface area contributed by atoms with Crippen molar-refractivity contribution in [3.8, 4) is 11.4 Å². The van der Waals surface area contributed by atoms with Gasteiger partial charge in [0.15, 0.2) is 5.82 Å². The van der Waals surface area contributed by atoms with Crippen molar-refractivity contribution in [2.75, 3.05) is 11.6 Å². The van der Waals surface area contributed by atoms with Gasteiger partial charge in [-0.25, -0.2) is 9.66 Å². The van der Waals surface area contributed by atoms with E-state index < -0.39 is 0 Å². The van der Waals surface area contributed by atoms with Crippen LogP contribution in [0.1, 0.15) is 5.69 Å². The molecule has 2 rings (SSSR count). The molecule has 0 saturated carbocycles. The summed E-state index contributed by atoms with van der Waals surface area (Å²) in [5.41, 5.74) is 7.44. The Bertz CT molecular complexity index is 445. The van der Waals surface area contributed by atoms with Crippen molar-refractivity contribution in [2.24, 2.45) is 0 Å². The van der Waals surface area contributed by atoms with E-state index in [1.54, 1.807) is 0 Å². The van der Waals surface area contributed by atoms with Gasteiger partial charge in [0.1, 0.15) is 5.82 Å². The standard InChI is InChI=1S/C10H12N4/c1-7-9(11)14(12)10(13-7)8-5-3-2-4-6-8/h2-6H,11-12H2,1H3. The van der Waals surface area contributed by atoms with E-state index in [1.165, 1.54) is 4.68 Å². The van der Waals surface area contributed by atoms with E-state index in [1.807, 2.05) is 37.3 Å². The zero-order valence-electron chi connectivity index (χ0n) is 7.94. The molecule has 4 nitrogen and oxygen atoms in total. The van der Waals surface area contributed by atoms with Gasteiger partial charge in [-0.2, -0.15) is 0 Å². The number of hydrogen-bond donors (Lipinski definition) is 2. The highest BCUT2D eigenvalue weighted by Crippen LogP contribution is 2.20. The third-order valence-electron chi connectivity index (χ3n) is 2.16. The molecule has 0 radical (unpaired) electrons. The first kappa shape index (κ1) is 8.62. The van der Waals surface area contributed by atoms with E-state index in [0.29, 0.717) is 11.6 Å². The summed E-state index contributed by atoms with van der Waals surface area (Å²) >= 11 is 0. The van der Waals surface area contributed by atoms with Crippen molar-refractivity contribution in [2.45, 2.75) is 6.92 Å². The summed E-state index contributed by atoms with van der Waals surface area (Å²) in [4.78, 5) is 4.29. The quantitative estimate of drug-likeness (QED) is 0.659. The molecule has 0 atom stereocenters. The lowest BCUT2D eigenvalue weighted by Crippen LogP contribution is -2.13. The maximum atomic E-state index is 5.76. The van der Waals surface area contributed by atoms with Gasteiger partial charge in [0, 0.05) is 5.56 Å². The lowest BCUT2D eigenvalue weighted by Gasteiger charge is -2.01. The summed E-state index contributed by atoms with van der Waals surface area (Å²) in [7, 11) is 0. The lowest BCUT2D eigenvalue weighted by atomic mass is 10.2. The summed E-state index contributed by atoms with van der Waals surface area (Å²) < 4.78 is 1.41. The van der Waals surface area contributed by atoms with Crippen molar-refractivity contribution >= 4 is 5.82 Å². The number of rotatable bonds is 1. The summed E-state index contributed by atoms with van der Waals surface area (Å²) in [6.07, 6.45) is 0. The van der Waals surface area contributed by atoms with E-state index in [9.17, 15) is 0 Å². The fourth-order valence-electron chi connectivity index (χ4n) is 1.35. The number of anilines is 1. The number of imidazole rings is 1. The van der Waals surface area contributed by atoms with Crippen LogP contribution in [0.15, 0.2) is 30.3 Å². The van der Waals surface area contributed by atoms with Crippen LogP contribution in [0.3, 0.4) is 0 Å². The lowest BCUT2D eigenvalue weighted by molar-refractivity contribution is 1.02. The zero-order valence-corrected chi connectivity index (χ0v) is 7.94. The predicted molar refractivity (Wildman–Crippen MR) is 57.0 cm³/mol. The number of nitrogens with two attached hydrogens (primary N) is 2. The molecule has 14 heavy (non-hydrogen) atoms. The second-order valence-electron chi connectivity index (χ2n) is 3.14. The van der Waals surface area contributed by atoms with Gasteiger partial charge in [0.05, 0.1) is 5.69 Å². The van der Waals surface area contributed by atoms with E-state index >= 15 is 0 Å². The van der Waals surface area contributed by atoms with Crippen LogP contribution in [0.2, 0.25) is 0 Å². The molecule has 0 saturated heterocycles. The molecule has 1 aromatic carbocycles. The largest absolute Gasteiger partial charge is 0.382 e. The topological polar surface area (TPSA) is 69.9 Å². The number of hydrogen-bond acceptors (Lipinski definition) is 3. The normalized spacial score (nSPS) is 10.4. The molecule has 0 aliphatic carbocycles. The predicted octanol–water partition coefficient (Wildman–Crippen LogP) is 1.15. The van der Waals surface area contributed by atoms with Crippen LogP contribution in [0.4, 0.5) is 5.82 Å². The molecular weight excluding hydrogens is 176 g/mol. The van der Waals surface area contributed by atoms with E-state index in [-0.39, 0.29) is 0 Å². The average Bonchev–Trinajstić information content (AvgIpc) is 2.47. The first-order valence-corrected chi connectivity index (χ1v) is 4.35. The Hall–Kier alpha value is -1.97. The van der Waals surface area contributed by atoms with Crippen molar-refractivity contribution in [1.82, 2.24) is 9.66 Å². The fourth-order valence-corrected chi connectivity index (χ4v) is 1.35. The Labute approximate surface area is 82.1 Å². The third kappa shape index (κ3) is 1.21. The molecule has 0 aliphatic rings. The van der Waals surface area contributed by atoms with Gasteiger partial charge in [0.25, 0.3) is 0 Å². The Balaban J connectivity index is 2.58. The number of nitrogen functional groups attached to an aromatic ring is 2. The van der Waals surface area contributed by atoms with Gasteiger partial charge < -0.3 is 11.6 Å². The summed E-state index contributed by atoms with van der Waals surface area (Å²) in [6.45, 7) is 1.84. The Morgan fingerprint density at radius 3 is 2.36 bits per heavy atom. The minimum Gasteiger partial charge on any atom is -0.382 e. The molecular formula is C10H12N4. The highest BCUT2D eigenvalue weighted by molar-refractivity contribution is 5.60. The Morgan fingerprint density at radius 2 is 1.86 bits per heavy atom. The Morgan fingerprint density at radius 1 is 1.21 bits per heavy atom. The van der Waals surface area contributed by atoms with Crippen LogP contribution in [-0.2, 0) is 0 Å². The molecule has 4 N–H and O–H groups in total. The van der Waals surface area contributed by atoms with Crippen LogP contribution < -0.4 is 11.6 Å². The van der Waals surface area contributed by atoms with Crippen LogP contribution in [0.25, 0.3) is 11.4 Å². The van der Waals surface area contributed by atoms with Crippen LogP contribution in [0.5, 0.6) is 0 Å². The molecule has 4 heteroatoms. The number of aryl methyl sites for hydroxylation is 1. The molecule has 1 aromatic heterocycles. The van der Waals surface area contributed by atoms with Crippen LogP contribution in [-0.4, -0.2) is 9.66 Å². The maximum absolute atomic E-state index is 5.76. The van der Waals surface area contributed by atoms with E-state index in [4.69, 9.17) is 11.6 Å². The minimum atomic E-state index is 0.504. The smallest absolute Gasteiger partial charge is 0.160 e. The first-order valence-electron chi connectivity index (χ1n) is 4.35. The van der Waals surface area contributed by atoms with Gasteiger partial charge in [-0.3, -0.25) is 0 Å². The molecule has 0 spiro atoms. The first-order chi connectivity index (χ1) is 6.70. The van der Waals surface area contributed by atoms with Crippen LogP contribution in [0, 0.1) is 6.92 Å².